The fraction of sp³-hybridized carbons (Fsp3) is 0.333. The number of fused-ring (bicyclic) bond motifs is 1. The second-order valence-electron chi connectivity index (χ2n) is 8.14. The van der Waals surface area contributed by atoms with Crippen molar-refractivity contribution in [1.82, 2.24) is 9.80 Å². The highest BCUT2D eigenvalue weighted by Gasteiger charge is 2.40. The van der Waals surface area contributed by atoms with Crippen LogP contribution in [-0.4, -0.2) is 72.3 Å². The van der Waals surface area contributed by atoms with Crippen LogP contribution in [0, 0.1) is 5.82 Å². The Morgan fingerprint density at radius 3 is 2.32 bits per heavy atom. The summed E-state index contributed by atoms with van der Waals surface area (Å²) in [6.45, 7) is 4.71. The van der Waals surface area contributed by atoms with Gasteiger partial charge >= 0.3 is 0 Å². The smallest absolute Gasteiger partial charge is 0.262 e. The number of carbonyl (C=O) groups excluding carboxylic acids is 4. The van der Waals surface area contributed by atoms with E-state index in [2.05, 4.69) is 15.5 Å². The maximum Gasteiger partial charge on any atom is 0.262 e. The van der Waals surface area contributed by atoms with E-state index in [1.165, 1.54) is 31.2 Å². The SMILES string of the molecule is CC(C(=O)Nc1ccc(F)c(NC(=O)CCN2CCOCC2)c1)N1C(=O)c2ccccc2C1=O. The Morgan fingerprint density at radius 1 is 1.03 bits per heavy atom. The summed E-state index contributed by atoms with van der Waals surface area (Å²) >= 11 is 0. The summed E-state index contributed by atoms with van der Waals surface area (Å²) < 4.78 is 19.5. The van der Waals surface area contributed by atoms with Crippen LogP contribution in [0.25, 0.3) is 0 Å². The van der Waals surface area contributed by atoms with Gasteiger partial charge in [0.15, 0.2) is 0 Å². The molecule has 9 nitrogen and oxygen atoms in total. The summed E-state index contributed by atoms with van der Waals surface area (Å²) in [6, 6.07) is 9.04. The largest absolute Gasteiger partial charge is 0.379 e. The molecular weight excluding hydrogens is 443 g/mol. The maximum atomic E-state index is 14.3. The number of rotatable bonds is 7. The molecule has 4 amide bonds. The third kappa shape index (κ3) is 4.97. The fourth-order valence-electron chi connectivity index (χ4n) is 3.92. The topological polar surface area (TPSA) is 108 Å². The van der Waals surface area contributed by atoms with Crippen molar-refractivity contribution in [1.29, 1.82) is 0 Å². The summed E-state index contributed by atoms with van der Waals surface area (Å²) in [7, 11) is 0. The molecule has 0 spiro atoms. The van der Waals surface area contributed by atoms with E-state index in [0.717, 1.165) is 24.1 Å². The Balaban J connectivity index is 1.38. The van der Waals surface area contributed by atoms with Crippen LogP contribution in [0.5, 0.6) is 0 Å². The monoisotopic (exact) mass is 468 g/mol. The highest BCUT2D eigenvalue weighted by molar-refractivity contribution is 6.23. The molecule has 2 N–H and O–H groups in total. The number of carbonyl (C=O) groups is 4. The van der Waals surface area contributed by atoms with Crippen molar-refractivity contribution < 1.29 is 28.3 Å². The Kier molecular flexibility index (Phi) is 6.99. The number of nitrogens with zero attached hydrogens (tertiary/aromatic N) is 2. The van der Waals surface area contributed by atoms with Gasteiger partial charge in [0.2, 0.25) is 11.8 Å². The summed E-state index contributed by atoms with van der Waals surface area (Å²) in [4.78, 5) is 53.3. The van der Waals surface area contributed by atoms with Gasteiger partial charge in [-0.15, -0.1) is 0 Å². The first-order valence-electron chi connectivity index (χ1n) is 11.0. The van der Waals surface area contributed by atoms with E-state index in [-0.39, 0.29) is 34.8 Å². The zero-order chi connectivity index (χ0) is 24.2. The van der Waals surface area contributed by atoms with Crippen molar-refractivity contribution in [3.8, 4) is 0 Å². The standard InChI is InChI=1S/C24H25FN4O5/c1-15(29-23(32)17-4-2-3-5-18(17)24(29)33)22(31)26-16-6-7-19(25)20(14-16)27-21(30)8-9-28-10-12-34-13-11-28/h2-7,14-15H,8-13H2,1H3,(H,26,31)(H,27,30). The quantitative estimate of drug-likeness (QED) is 0.603. The lowest BCUT2D eigenvalue weighted by Crippen LogP contribution is -2.45. The van der Waals surface area contributed by atoms with Gasteiger partial charge < -0.3 is 15.4 Å². The molecule has 34 heavy (non-hydrogen) atoms. The van der Waals surface area contributed by atoms with Crippen LogP contribution < -0.4 is 10.6 Å². The van der Waals surface area contributed by atoms with Crippen LogP contribution in [0.15, 0.2) is 42.5 Å². The van der Waals surface area contributed by atoms with Crippen molar-refractivity contribution in [2.45, 2.75) is 19.4 Å². The van der Waals surface area contributed by atoms with Crippen molar-refractivity contribution in [3.63, 3.8) is 0 Å². The molecule has 2 aliphatic rings. The lowest BCUT2D eigenvalue weighted by molar-refractivity contribution is -0.119. The predicted octanol–water partition coefficient (Wildman–Crippen LogP) is 2.11. The number of benzene rings is 2. The molecule has 1 fully saturated rings. The van der Waals surface area contributed by atoms with E-state index in [4.69, 9.17) is 4.74 Å². The summed E-state index contributed by atoms with van der Waals surface area (Å²) in [6.07, 6.45) is 0.187. The first-order chi connectivity index (χ1) is 16.3. The van der Waals surface area contributed by atoms with Gasteiger partial charge in [-0.3, -0.25) is 29.0 Å². The van der Waals surface area contributed by atoms with Crippen LogP contribution in [0.3, 0.4) is 0 Å². The molecule has 4 rings (SSSR count). The third-order valence-electron chi connectivity index (χ3n) is 5.86. The number of anilines is 2. The Morgan fingerprint density at radius 2 is 1.68 bits per heavy atom. The summed E-state index contributed by atoms with van der Waals surface area (Å²) in [5, 5.41) is 5.12. The number of ether oxygens (including phenoxy) is 1. The van der Waals surface area contributed by atoms with Gasteiger partial charge in [-0.25, -0.2) is 4.39 Å². The number of nitrogens with one attached hydrogen (secondary N) is 2. The Hall–Kier alpha value is -3.63. The zero-order valence-electron chi connectivity index (χ0n) is 18.7. The second kappa shape index (κ2) is 10.1. The van der Waals surface area contributed by atoms with E-state index in [0.29, 0.717) is 19.8 Å². The summed E-state index contributed by atoms with van der Waals surface area (Å²) in [5.74, 6) is -2.71. The molecular formula is C24H25FN4O5. The van der Waals surface area contributed by atoms with Crippen molar-refractivity contribution in [3.05, 3.63) is 59.4 Å². The van der Waals surface area contributed by atoms with Crippen LogP contribution in [0.2, 0.25) is 0 Å². The molecule has 1 atom stereocenters. The van der Waals surface area contributed by atoms with Gasteiger partial charge in [0.1, 0.15) is 11.9 Å². The number of morpholine rings is 1. The minimum Gasteiger partial charge on any atom is -0.379 e. The normalized spacial score (nSPS) is 16.8. The maximum absolute atomic E-state index is 14.3. The van der Waals surface area contributed by atoms with Gasteiger partial charge in [0, 0.05) is 31.7 Å². The zero-order valence-corrected chi connectivity index (χ0v) is 18.7. The third-order valence-corrected chi connectivity index (χ3v) is 5.86. The molecule has 0 saturated carbocycles. The molecule has 0 radical (unpaired) electrons. The molecule has 0 aliphatic carbocycles. The lowest BCUT2D eigenvalue weighted by atomic mass is 10.1. The molecule has 2 aromatic rings. The highest BCUT2D eigenvalue weighted by atomic mass is 19.1. The molecule has 10 heteroatoms. The van der Waals surface area contributed by atoms with Crippen LogP contribution in [0.4, 0.5) is 15.8 Å². The number of hydrogen-bond acceptors (Lipinski definition) is 6. The number of hydrogen-bond donors (Lipinski definition) is 2. The van der Waals surface area contributed by atoms with E-state index in [1.807, 2.05) is 0 Å². The minimum absolute atomic E-state index is 0.0711. The predicted molar refractivity (Wildman–Crippen MR) is 122 cm³/mol. The van der Waals surface area contributed by atoms with E-state index >= 15 is 0 Å². The van der Waals surface area contributed by atoms with Crippen LogP contribution in [-0.2, 0) is 14.3 Å². The molecule has 2 heterocycles. The number of imide groups is 1. The van der Waals surface area contributed by atoms with Crippen LogP contribution in [0.1, 0.15) is 34.1 Å². The second-order valence-corrected chi connectivity index (χ2v) is 8.14. The Labute approximate surface area is 195 Å². The van der Waals surface area contributed by atoms with E-state index < -0.39 is 29.6 Å². The summed E-state index contributed by atoms with van der Waals surface area (Å²) in [5.41, 5.74) is 0.642. The van der Waals surface area contributed by atoms with E-state index in [1.54, 1.807) is 12.1 Å². The highest BCUT2D eigenvalue weighted by Crippen LogP contribution is 2.25. The van der Waals surface area contributed by atoms with Crippen LogP contribution >= 0.6 is 0 Å². The Bertz CT molecular complexity index is 1100. The molecule has 1 saturated heterocycles. The first-order valence-corrected chi connectivity index (χ1v) is 11.0. The van der Waals surface area contributed by atoms with Gasteiger partial charge in [0.25, 0.3) is 11.8 Å². The molecule has 2 aromatic carbocycles. The van der Waals surface area contributed by atoms with Crippen molar-refractivity contribution >= 4 is 35.0 Å². The lowest BCUT2D eigenvalue weighted by Gasteiger charge is -2.26. The van der Waals surface area contributed by atoms with Gasteiger partial charge in [0.05, 0.1) is 30.0 Å². The number of halogens is 1. The molecule has 178 valence electrons. The first kappa shape index (κ1) is 23.5. The van der Waals surface area contributed by atoms with E-state index in [9.17, 15) is 23.6 Å². The van der Waals surface area contributed by atoms with Crippen molar-refractivity contribution in [2.75, 3.05) is 43.5 Å². The molecule has 0 aromatic heterocycles. The number of amides is 4. The minimum atomic E-state index is -1.09. The van der Waals surface area contributed by atoms with Gasteiger partial charge in [-0.1, -0.05) is 12.1 Å². The van der Waals surface area contributed by atoms with Gasteiger partial charge in [-0.05, 0) is 37.3 Å². The molecule has 1 unspecified atom stereocenters. The molecule has 2 aliphatic heterocycles. The molecule has 0 bridgehead atoms. The average Bonchev–Trinajstić information content (AvgIpc) is 3.10. The van der Waals surface area contributed by atoms with Crippen molar-refractivity contribution in [2.24, 2.45) is 0 Å². The average molecular weight is 468 g/mol. The fourth-order valence-corrected chi connectivity index (χ4v) is 3.92. The van der Waals surface area contributed by atoms with Gasteiger partial charge in [-0.2, -0.15) is 0 Å².